The van der Waals surface area contributed by atoms with E-state index in [1.807, 2.05) is 19.9 Å². The molecule has 0 unspecified atom stereocenters. The summed E-state index contributed by atoms with van der Waals surface area (Å²) >= 11 is 0. The molecule has 0 amide bonds. The Hall–Kier alpha value is -1.09. The Balaban J connectivity index is 2.53. The molecule has 0 aliphatic heterocycles. The highest BCUT2D eigenvalue weighted by Crippen LogP contribution is 2.13. The summed E-state index contributed by atoms with van der Waals surface area (Å²) in [5.74, 6) is 0.806. The van der Waals surface area contributed by atoms with Crippen molar-refractivity contribution in [1.29, 1.82) is 0 Å². The Labute approximate surface area is 78.7 Å². The quantitative estimate of drug-likeness (QED) is 0.663. The van der Waals surface area contributed by atoms with Crippen LogP contribution in [0.15, 0.2) is 12.3 Å². The highest BCUT2D eigenvalue weighted by atomic mass is 16.5. The van der Waals surface area contributed by atoms with Crippen LogP contribution in [0.4, 0.5) is 0 Å². The molecule has 13 heavy (non-hydrogen) atoms. The van der Waals surface area contributed by atoms with Crippen LogP contribution >= 0.6 is 0 Å². The highest BCUT2D eigenvalue weighted by molar-refractivity contribution is 5.27. The fourth-order valence-electron chi connectivity index (χ4n) is 0.939. The van der Waals surface area contributed by atoms with Gasteiger partial charge in [-0.05, 0) is 25.5 Å². The van der Waals surface area contributed by atoms with E-state index in [4.69, 9.17) is 9.47 Å². The average molecular weight is 181 g/mol. The molecule has 3 nitrogen and oxygen atoms in total. The monoisotopic (exact) mass is 181 g/mol. The first-order chi connectivity index (χ1) is 6.24. The normalized spacial score (nSPS) is 10.1. The minimum Gasteiger partial charge on any atom is -0.490 e. The lowest BCUT2D eigenvalue weighted by molar-refractivity contribution is 0.146. The smallest absolute Gasteiger partial charge is 0.137 e. The Morgan fingerprint density at radius 3 is 2.69 bits per heavy atom. The van der Waals surface area contributed by atoms with Gasteiger partial charge in [0.1, 0.15) is 12.4 Å². The predicted octanol–water partition coefficient (Wildman–Crippen LogP) is 1.72. The van der Waals surface area contributed by atoms with Crippen LogP contribution in [0.25, 0.3) is 0 Å². The number of hydrogen-bond donors (Lipinski definition) is 0. The summed E-state index contributed by atoms with van der Waals surface area (Å²) in [4.78, 5) is 4.19. The summed E-state index contributed by atoms with van der Waals surface area (Å²) in [7, 11) is 1.65. The van der Waals surface area contributed by atoms with E-state index in [1.165, 1.54) is 0 Å². The zero-order valence-electron chi connectivity index (χ0n) is 8.33. The Morgan fingerprint density at radius 2 is 2.08 bits per heavy atom. The SMILES string of the molecule is COCCOc1cnc(C)c(C)c1. The molecule has 1 rings (SSSR count). The molecule has 1 aromatic rings. The first-order valence-electron chi connectivity index (χ1n) is 4.29. The van der Waals surface area contributed by atoms with Gasteiger partial charge in [-0.15, -0.1) is 0 Å². The number of nitrogens with zero attached hydrogens (tertiary/aromatic N) is 1. The van der Waals surface area contributed by atoms with Crippen molar-refractivity contribution >= 4 is 0 Å². The van der Waals surface area contributed by atoms with Crippen molar-refractivity contribution in [2.24, 2.45) is 0 Å². The number of rotatable bonds is 4. The molecule has 0 N–H and O–H groups in total. The van der Waals surface area contributed by atoms with E-state index < -0.39 is 0 Å². The lowest BCUT2D eigenvalue weighted by Gasteiger charge is -2.06. The van der Waals surface area contributed by atoms with Crippen LogP contribution in [0.5, 0.6) is 5.75 Å². The van der Waals surface area contributed by atoms with Crippen LogP contribution in [0.1, 0.15) is 11.3 Å². The van der Waals surface area contributed by atoms with Crippen LogP contribution in [0, 0.1) is 13.8 Å². The van der Waals surface area contributed by atoms with Crippen molar-refractivity contribution < 1.29 is 9.47 Å². The summed E-state index contributed by atoms with van der Waals surface area (Å²) in [5.41, 5.74) is 2.19. The molecule has 72 valence electrons. The molecule has 0 spiro atoms. The maximum atomic E-state index is 5.39. The molecule has 0 aromatic carbocycles. The summed E-state index contributed by atoms with van der Waals surface area (Å²) in [6.07, 6.45) is 1.73. The van der Waals surface area contributed by atoms with E-state index in [0.29, 0.717) is 13.2 Å². The summed E-state index contributed by atoms with van der Waals surface area (Å²) in [6, 6.07) is 1.98. The first-order valence-corrected chi connectivity index (χ1v) is 4.29. The molecular formula is C10H15NO2. The third kappa shape index (κ3) is 3.03. The number of aromatic nitrogens is 1. The Bertz CT molecular complexity index is 274. The fraction of sp³-hybridized carbons (Fsp3) is 0.500. The standard InChI is InChI=1S/C10H15NO2/c1-8-6-10(7-11-9(8)2)13-5-4-12-3/h6-7H,4-5H2,1-3H3. The van der Waals surface area contributed by atoms with Crippen molar-refractivity contribution in [2.75, 3.05) is 20.3 Å². The van der Waals surface area contributed by atoms with Crippen molar-refractivity contribution in [2.45, 2.75) is 13.8 Å². The van der Waals surface area contributed by atoms with E-state index in [9.17, 15) is 0 Å². The van der Waals surface area contributed by atoms with Gasteiger partial charge >= 0.3 is 0 Å². The topological polar surface area (TPSA) is 31.4 Å². The van der Waals surface area contributed by atoms with Gasteiger partial charge in [0.05, 0.1) is 12.8 Å². The molecule has 0 aliphatic carbocycles. The van der Waals surface area contributed by atoms with Crippen molar-refractivity contribution in [3.63, 3.8) is 0 Å². The largest absolute Gasteiger partial charge is 0.490 e. The number of hydrogen-bond acceptors (Lipinski definition) is 3. The van der Waals surface area contributed by atoms with Crippen molar-refractivity contribution in [3.05, 3.63) is 23.5 Å². The Kier molecular flexibility index (Phi) is 3.71. The minimum atomic E-state index is 0.570. The molecule has 0 fully saturated rings. The summed E-state index contributed by atoms with van der Waals surface area (Å²) < 4.78 is 10.3. The summed E-state index contributed by atoms with van der Waals surface area (Å²) in [5, 5.41) is 0. The van der Waals surface area contributed by atoms with E-state index in [0.717, 1.165) is 17.0 Å². The highest BCUT2D eigenvalue weighted by Gasteiger charge is 1.97. The van der Waals surface area contributed by atoms with Gasteiger partial charge in [-0.2, -0.15) is 0 Å². The number of methoxy groups -OCH3 is 1. The zero-order chi connectivity index (χ0) is 9.68. The molecular weight excluding hydrogens is 166 g/mol. The van der Waals surface area contributed by atoms with Crippen molar-refractivity contribution in [1.82, 2.24) is 4.98 Å². The van der Waals surface area contributed by atoms with E-state index in [1.54, 1.807) is 13.3 Å². The molecule has 0 saturated carbocycles. The Morgan fingerprint density at radius 1 is 1.31 bits per heavy atom. The number of aryl methyl sites for hydroxylation is 2. The van der Waals surface area contributed by atoms with E-state index in [-0.39, 0.29) is 0 Å². The van der Waals surface area contributed by atoms with E-state index in [2.05, 4.69) is 4.98 Å². The van der Waals surface area contributed by atoms with Crippen LogP contribution in [-0.4, -0.2) is 25.3 Å². The molecule has 0 aliphatic rings. The van der Waals surface area contributed by atoms with Crippen LogP contribution in [0.2, 0.25) is 0 Å². The molecule has 1 heterocycles. The third-order valence-electron chi connectivity index (χ3n) is 1.87. The maximum absolute atomic E-state index is 5.39. The van der Waals surface area contributed by atoms with Crippen LogP contribution in [-0.2, 0) is 4.74 Å². The molecule has 0 bridgehead atoms. The van der Waals surface area contributed by atoms with Gasteiger partial charge in [-0.25, -0.2) is 0 Å². The van der Waals surface area contributed by atoms with Gasteiger partial charge in [0.25, 0.3) is 0 Å². The van der Waals surface area contributed by atoms with Crippen LogP contribution < -0.4 is 4.74 Å². The van der Waals surface area contributed by atoms with Crippen molar-refractivity contribution in [3.8, 4) is 5.75 Å². The molecule has 0 atom stereocenters. The van der Waals surface area contributed by atoms with Gasteiger partial charge < -0.3 is 9.47 Å². The predicted molar refractivity (Wildman–Crippen MR) is 51.1 cm³/mol. The lowest BCUT2D eigenvalue weighted by atomic mass is 10.2. The van der Waals surface area contributed by atoms with E-state index >= 15 is 0 Å². The average Bonchev–Trinajstić information content (AvgIpc) is 2.12. The van der Waals surface area contributed by atoms with Crippen LogP contribution in [0.3, 0.4) is 0 Å². The molecule has 0 saturated heterocycles. The molecule has 1 aromatic heterocycles. The maximum Gasteiger partial charge on any atom is 0.137 e. The van der Waals surface area contributed by atoms with Gasteiger partial charge in [-0.3, -0.25) is 4.98 Å². The zero-order valence-corrected chi connectivity index (χ0v) is 8.33. The summed E-state index contributed by atoms with van der Waals surface area (Å²) in [6.45, 7) is 5.17. The molecule has 3 heteroatoms. The fourth-order valence-corrected chi connectivity index (χ4v) is 0.939. The third-order valence-corrected chi connectivity index (χ3v) is 1.87. The first kappa shape index (κ1) is 9.99. The van der Waals surface area contributed by atoms with Gasteiger partial charge in [0.15, 0.2) is 0 Å². The second-order valence-electron chi connectivity index (χ2n) is 2.91. The van der Waals surface area contributed by atoms with Gasteiger partial charge in [-0.1, -0.05) is 0 Å². The lowest BCUT2D eigenvalue weighted by Crippen LogP contribution is -2.04. The second kappa shape index (κ2) is 4.82. The van der Waals surface area contributed by atoms with Gasteiger partial charge in [0.2, 0.25) is 0 Å². The second-order valence-corrected chi connectivity index (χ2v) is 2.91. The number of pyridine rings is 1. The minimum absolute atomic E-state index is 0.570. The number of ether oxygens (including phenoxy) is 2. The van der Waals surface area contributed by atoms with Gasteiger partial charge in [0, 0.05) is 12.8 Å². The molecule has 0 radical (unpaired) electrons.